The lowest BCUT2D eigenvalue weighted by Gasteiger charge is -2.35. The average molecular weight is 555 g/mol. The third kappa shape index (κ3) is 5.58. The number of hydrogen-bond donors (Lipinski definition) is 2. The molecule has 2 aromatic heterocycles. The number of guanidine groups is 1. The predicted octanol–water partition coefficient (Wildman–Crippen LogP) is 2.62. The van der Waals surface area contributed by atoms with E-state index in [4.69, 9.17) is 11.6 Å². The summed E-state index contributed by atoms with van der Waals surface area (Å²) in [4.78, 5) is 9.09. The smallest absolute Gasteiger partial charge is 0.191 e. The highest BCUT2D eigenvalue weighted by atomic mass is 127. The van der Waals surface area contributed by atoms with E-state index in [1.807, 2.05) is 40.9 Å². The number of benzene rings is 1. The molecule has 3 heterocycles. The van der Waals surface area contributed by atoms with Crippen molar-refractivity contribution in [1.29, 1.82) is 0 Å². The van der Waals surface area contributed by atoms with Crippen LogP contribution >= 0.6 is 35.6 Å². The van der Waals surface area contributed by atoms with Gasteiger partial charge in [0, 0.05) is 62.2 Å². The van der Waals surface area contributed by atoms with E-state index in [0.717, 1.165) is 48.2 Å². The van der Waals surface area contributed by atoms with Crippen LogP contribution in [0.3, 0.4) is 0 Å². The molecule has 8 nitrogen and oxygen atoms in total. The first-order valence-electron chi connectivity index (χ1n) is 10.1. The number of nitrogens with one attached hydrogen (secondary N) is 2. The van der Waals surface area contributed by atoms with Crippen molar-refractivity contribution in [3.8, 4) is 0 Å². The minimum absolute atomic E-state index is 0. The molecule has 0 bridgehead atoms. The van der Waals surface area contributed by atoms with Crippen LogP contribution in [-0.2, 0) is 13.1 Å². The monoisotopic (exact) mass is 554 g/mol. The van der Waals surface area contributed by atoms with Gasteiger partial charge in [-0.1, -0.05) is 23.7 Å². The Morgan fingerprint density at radius 2 is 1.81 bits per heavy atom. The predicted molar refractivity (Wildman–Crippen MR) is 137 cm³/mol. The molecule has 0 spiro atoms. The number of fused-ring (bicyclic) bond motifs is 1. The Bertz CT molecular complexity index is 1030. The molecular formula is C21H28ClIN8. The highest BCUT2D eigenvalue weighted by Crippen LogP contribution is 2.28. The summed E-state index contributed by atoms with van der Waals surface area (Å²) >= 11 is 6.57. The number of likely N-dealkylation sites (N-methyl/N-ethyl adjacent to an activating group) is 1. The highest BCUT2D eigenvalue weighted by molar-refractivity contribution is 14.0. The van der Waals surface area contributed by atoms with Gasteiger partial charge in [-0.2, -0.15) is 0 Å². The maximum absolute atomic E-state index is 6.57. The van der Waals surface area contributed by atoms with Crippen LogP contribution in [0.1, 0.15) is 11.4 Å². The van der Waals surface area contributed by atoms with Gasteiger partial charge in [-0.3, -0.25) is 9.39 Å². The number of hydrogen-bond acceptors (Lipinski definition) is 5. The minimum Gasteiger partial charge on any atom is -0.369 e. The van der Waals surface area contributed by atoms with Crippen molar-refractivity contribution in [2.45, 2.75) is 13.1 Å². The van der Waals surface area contributed by atoms with Gasteiger partial charge in [0.25, 0.3) is 0 Å². The summed E-state index contributed by atoms with van der Waals surface area (Å²) in [5, 5.41) is 15.9. The Balaban J connectivity index is 0.00000272. The van der Waals surface area contributed by atoms with E-state index >= 15 is 0 Å². The fourth-order valence-electron chi connectivity index (χ4n) is 3.63. The Kier molecular flexibility index (Phi) is 8.33. The van der Waals surface area contributed by atoms with Crippen molar-refractivity contribution in [2.75, 3.05) is 45.2 Å². The number of rotatable bonds is 5. The average Bonchev–Trinajstić information content (AvgIpc) is 3.18. The summed E-state index contributed by atoms with van der Waals surface area (Å²) in [7, 11) is 3.91. The van der Waals surface area contributed by atoms with E-state index in [0.29, 0.717) is 19.0 Å². The molecule has 0 aliphatic carbocycles. The molecule has 0 saturated carbocycles. The van der Waals surface area contributed by atoms with Crippen molar-refractivity contribution in [2.24, 2.45) is 4.99 Å². The molecular weight excluding hydrogens is 527 g/mol. The summed E-state index contributed by atoms with van der Waals surface area (Å²) in [6.07, 6.45) is 1.95. The molecule has 0 unspecified atom stereocenters. The largest absolute Gasteiger partial charge is 0.369 e. The maximum Gasteiger partial charge on any atom is 0.191 e. The lowest BCUT2D eigenvalue weighted by atomic mass is 10.1. The van der Waals surface area contributed by atoms with Crippen LogP contribution in [0.15, 0.2) is 47.6 Å². The molecule has 31 heavy (non-hydrogen) atoms. The summed E-state index contributed by atoms with van der Waals surface area (Å²) < 4.78 is 1.96. The van der Waals surface area contributed by atoms with Gasteiger partial charge >= 0.3 is 0 Å². The SMILES string of the molecule is CN=C(NCc1c(Cl)cccc1N1CCN(C)CC1)NCc1nnc2ccccn12.I. The number of aliphatic imine (C=N–C) groups is 1. The maximum atomic E-state index is 6.57. The zero-order valence-electron chi connectivity index (χ0n) is 17.8. The quantitative estimate of drug-likeness (QED) is 0.287. The van der Waals surface area contributed by atoms with Crippen LogP contribution in [0.5, 0.6) is 0 Å². The van der Waals surface area contributed by atoms with Crippen molar-refractivity contribution in [3.05, 3.63) is 59.0 Å². The van der Waals surface area contributed by atoms with Crippen molar-refractivity contribution >= 4 is 52.9 Å². The Morgan fingerprint density at radius 3 is 2.58 bits per heavy atom. The lowest BCUT2D eigenvalue weighted by Crippen LogP contribution is -2.45. The molecule has 1 aromatic carbocycles. The normalized spacial score (nSPS) is 15.1. The standard InChI is InChI=1S/C21H27ClN8.HI/c1-23-21(25-15-20-27-26-19-8-3-4-9-30(19)20)24-14-16-17(22)6-5-7-18(16)29-12-10-28(2)11-13-29;/h3-9H,10-15H2,1-2H3,(H2,23,24,25);1H. The van der Waals surface area contributed by atoms with E-state index in [1.54, 1.807) is 7.05 Å². The topological polar surface area (TPSA) is 73.1 Å². The van der Waals surface area contributed by atoms with Crippen molar-refractivity contribution in [3.63, 3.8) is 0 Å². The van der Waals surface area contributed by atoms with E-state index in [9.17, 15) is 0 Å². The van der Waals surface area contributed by atoms with Crippen molar-refractivity contribution in [1.82, 2.24) is 30.1 Å². The summed E-state index contributed by atoms with van der Waals surface area (Å²) in [6, 6.07) is 11.9. The van der Waals surface area contributed by atoms with E-state index in [1.165, 1.54) is 5.69 Å². The molecule has 2 N–H and O–H groups in total. The van der Waals surface area contributed by atoms with Gasteiger partial charge in [0.2, 0.25) is 0 Å². The summed E-state index contributed by atoms with van der Waals surface area (Å²) in [5.74, 6) is 1.51. The molecule has 1 fully saturated rings. The second-order valence-corrected chi connectivity index (χ2v) is 7.76. The zero-order chi connectivity index (χ0) is 20.9. The van der Waals surface area contributed by atoms with Gasteiger partial charge in [-0.15, -0.1) is 34.2 Å². The highest BCUT2D eigenvalue weighted by Gasteiger charge is 2.18. The molecule has 4 rings (SSSR count). The molecule has 1 aliphatic rings. The fraction of sp³-hybridized carbons (Fsp3) is 0.381. The number of aromatic nitrogens is 3. The van der Waals surface area contributed by atoms with Crippen LogP contribution in [0.4, 0.5) is 5.69 Å². The second-order valence-electron chi connectivity index (χ2n) is 7.35. The van der Waals surface area contributed by atoms with E-state index < -0.39 is 0 Å². The first-order valence-corrected chi connectivity index (χ1v) is 10.5. The molecule has 166 valence electrons. The summed E-state index contributed by atoms with van der Waals surface area (Å²) in [5.41, 5.74) is 3.09. The fourth-order valence-corrected chi connectivity index (χ4v) is 3.87. The Labute approximate surface area is 204 Å². The molecule has 10 heteroatoms. The van der Waals surface area contributed by atoms with Crippen molar-refractivity contribution < 1.29 is 0 Å². The second kappa shape index (κ2) is 11.0. The first kappa shape index (κ1) is 23.6. The van der Waals surface area contributed by atoms with Crippen LogP contribution in [0.25, 0.3) is 5.65 Å². The third-order valence-electron chi connectivity index (χ3n) is 5.39. The molecule has 0 amide bonds. The number of pyridine rings is 1. The van der Waals surface area contributed by atoms with E-state index in [-0.39, 0.29) is 24.0 Å². The molecule has 0 atom stereocenters. The number of anilines is 1. The third-order valence-corrected chi connectivity index (χ3v) is 5.75. The molecule has 0 radical (unpaired) electrons. The van der Waals surface area contributed by atoms with Gasteiger partial charge in [0.15, 0.2) is 17.4 Å². The molecule has 3 aromatic rings. The molecule has 1 aliphatic heterocycles. The van der Waals surface area contributed by atoms with Gasteiger partial charge in [0.1, 0.15) is 0 Å². The van der Waals surface area contributed by atoms with Gasteiger partial charge < -0.3 is 20.4 Å². The Hall–Kier alpha value is -2.11. The Morgan fingerprint density at radius 1 is 1.03 bits per heavy atom. The van der Waals surface area contributed by atoms with Crippen LogP contribution in [0, 0.1) is 0 Å². The van der Waals surface area contributed by atoms with E-state index in [2.05, 4.69) is 48.7 Å². The lowest BCUT2D eigenvalue weighted by molar-refractivity contribution is 0.312. The van der Waals surface area contributed by atoms with Crippen LogP contribution in [0.2, 0.25) is 5.02 Å². The summed E-state index contributed by atoms with van der Waals surface area (Å²) in [6.45, 7) is 5.19. The van der Waals surface area contributed by atoms with Gasteiger partial charge in [0.05, 0.1) is 6.54 Å². The van der Waals surface area contributed by atoms with Gasteiger partial charge in [-0.25, -0.2) is 0 Å². The number of nitrogens with zero attached hydrogens (tertiary/aromatic N) is 6. The molecule has 1 saturated heterocycles. The van der Waals surface area contributed by atoms with Crippen LogP contribution in [-0.4, -0.2) is 65.7 Å². The number of halogens is 2. The number of piperazine rings is 1. The zero-order valence-corrected chi connectivity index (χ0v) is 20.8. The first-order chi connectivity index (χ1) is 14.7. The van der Waals surface area contributed by atoms with Gasteiger partial charge in [-0.05, 0) is 31.3 Å². The minimum atomic E-state index is 0. The van der Waals surface area contributed by atoms with Crippen LogP contribution < -0.4 is 15.5 Å².